The van der Waals surface area contributed by atoms with Crippen LogP contribution in [0.3, 0.4) is 0 Å². The van der Waals surface area contributed by atoms with Gasteiger partial charge < -0.3 is 0 Å². The van der Waals surface area contributed by atoms with Crippen molar-refractivity contribution in [3.63, 3.8) is 0 Å². The highest BCUT2D eigenvalue weighted by molar-refractivity contribution is 6.15. The van der Waals surface area contributed by atoms with Crippen molar-refractivity contribution >= 4 is 58.7 Å². The Labute approximate surface area is 194 Å². The Bertz CT molecular complexity index is 777. The van der Waals surface area contributed by atoms with Crippen LogP contribution in [-0.2, 0) is 38.4 Å². The molecule has 168 valence electrons. The SMILES string of the molecule is Cl.O=C1C=CC(=O)C=C1.O=C1C=CC(=O)C=C1.O=C1C=CC(=O)C=C1.O=C1C=CC(=O)C=C1. The van der Waals surface area contributed by atoms with Gasteiger partial charge >= 0.3 is 0 Å². The molecule has 0 spiro atoms. The molecule has 0 aromatic carbocycles. The average Bonchev–Trinajstić information content (AvgIpc) is 2.78. The summed E-state index contributed by atoms with van der Waals surface area (Å²) < 4.78 is 0. The predicted octanol–water partition coefficient (Wildman–Crippen LogP) is 1.42. The van der Waals surface area contributed by atoms with E-state index in [0.717, 1.165) is 0 Å². The molecule has 0 heterocycles. The summed E-state index contributed by atoms with van der Waals surface area (Å²) in [7, 11) is 0. The van der Waals surface area contributed by atoms with E-state index in [2.05, 4.69) is 0 Å². The number of carbonyl (C=O) groups excluding carboxylic acids is 8. The maximum absolute atomic E-state index is 10.3. The van der Waals surface area contributed by atoms with E-state index >= 15 is 0 Å². The summed E-state index contributed by atoms with van der Waals surface area (Å²) in [6.07, 6.45) is 20.0. The van der Waals surface area contributed by atoms with Gasteiger partial charge in [0.2, 0.25) is 0 Å². The molecule has 0 bridgehead atoms. The zero-order valence-electron chi connectivity index (χ0n) is 16.9. The smallest absolute Gasteiger partial charge is 0.178 e. The molecule has 4 rings (SSSR count). The van der Waals surface area contributed by atoms with E-state index in [1.807, 2.05) is 0 Å². The van der Waals surface area contributed by atoms with Gasteiger partial charge in [-0.05, 0) is 97.2 Å². The quantitative estimate of drug-likeness (QED) is 0.487. The lowest BCUT2D eigenvalue weighted by Crippen LogP contribution is -1.97. The topological polar surface area (TPSA) is 137 Å². The number of halogens is 1. The molecule has 0 atom stereocenters. The molecule has 0 saturated heterocycles. The Kier molecular flexibility index (Phi) is 13.3. The Balaban J connectivity index is 0.000000410. The van der Waals surface area contributed by atoms with E-state index < -0.39 is 0 Å². The maximum atomic E-state index is 10.3. The molecule has 8 nitrogen and oxygen atoms in total. The molecule has 0 unspecified atom stereocenters. The van der Waals surface area contributed by atoms with Gasteiger partial charge in [0, 0.05) is 0 Å². The van der Waals surface area contributed by atoms with Crippen LogP contribution < -0.4 is 0 Å². The molecule has 0 aromatic rings. The summed E-state index contributed by atoms with van der Waals surface area (Å²) in [6.45, 7) is 0. The third-order valence-electron chi connectivity index (χ3n) is 3.29. The van der Waals surface area contributed by atoms with Gasteiger partial charge in [0.15, 0.2) is 46.3 Å². The summed E-state index contributed by atoms with van der Waals surface area (Å²) in [4.78, 5) is 82.3. The van der Waals surface area contributed by atoms with Crippen molar-refractivity contribution in [3.05, 3.63) is 97.2 Å². The third kappa shape index (κ3) is 14.2. The summed E-state index contributed by atoms with van der Waals surface area (Å²) >= 11 is 0. The first kappa shape index (κ1) is 28.6. The predicted molar refractivity (Wildman–Crippen MR) is 120 cm³/mol. The van der Waals surface area contributed by atoms with E-state index in [9.17, 15) is 38.4 Å². The molecule has 0 aromatic heterocycles. The number of hydrogen-bond acceptors (Lipinski definition) is 8. The van der Waals surface area contributed by atoms with Gasteiger partial charge in [-0.15, -0.1) is 12.4 Å². The van der Waals surface area contributed by atoms with Crippen molar-refractivity contribution < 1.29 is 38.4 Å². The van der Waals surface area contributed by atoms with Crippen LogP contribution in [0, 0.1) is 0 Å². The van der Waals surface area contributed by atoms with Crippen molar-refractivity contribution in [2.45, 2.75) is 0 Å². The van der Waals surface area contributed by atoms with Crippen LogP contribution in [0.5, 0.6) is 0 Å². The first-order valence-corrected chi connectivity index (χ1v) is 8.92. The van der Waals surface area contributed by atoms with Crippen LogP contribution >= 0.6 is 12.4 Å². The van der Waals surface area contributed by atoms with Gasteiger partial charge in [0.25, 0.3) is 0 Å². The number of rotatable bonds is 0. The van der Waals surface area contributed by atoms with Crippen LogP contribution in [0.15, 0.2) is 97.2 Å². The largest absolute Gasteiger partial charge is 0.290 e. The fourth-order valence-electron chi connectivity index (χ4n) is 1.76. The highest BCUT2D eigenvalue weighted by Crippen LogP contribution is 1.92. The fourth-order valence-corrected chi connectivity index (χ4v) is 1.76. The average molecular weight is 469 g/mol. The van der Waals surface area contributed by atoms with E-state index in [0.29, 0.717) is 0 Å². The number of ketones is 8. The molecule has 0 saturated carbocycles. The normalized spacial score (nSPS) is 17.0. The molecule has 0 radical (unpaired) electrons. The molecule has 0 aliphatic heterocycles. The van der Waals surface area contributed by atoms with Crippen LogP contribution in [-0.4, -0.2) is 46.3 Å². The standard InChI is InChI=1S/4C6H4O2.ClH/c4*7-5-1-2-6(8)4-3-5;/h4*1-4H;1H. The van der Waals surface area contributed by atoms with Crippen LogP contribution in [0.25, 0.3) is 0 Å². The summed E-state index contributed by atoms with van der Waals surface area (Å²) in [5, 5.41) is 0. The molecule has 4 aliphatic rings. The van der Waals surface area contributed by atoms with E-state index in [4.69, 9.17) is 0 Å². The Morgan fingerprint density at radius 3 is 0.333 bits per heavy atom. The Morgan fingerprint density at radius 1 is 0.212 bits per heavy atom. The molecular weight excluding hydrogens is 452 g/mol. The first-order chi connectivity index (χ1) is 15.2. The zero-order valence-corrected chi connectivity index (χ0v) is 17.7. The number of carbonyl (C=O) groups is 8. The number of allylic oxidation sites excluding steroid dienone is 16. The van der Waals surface area contributed by atoms with Crippen LogP contribution in [0.2, 0.25) is 0 Å². The van der Waals surface area contributed by atoms with Gasteiger partial charge in [-0.2, -0.15) is 0 Å². The van der Waals surface area contributed by atoms with Crippen molar-refractivity contribution in [2.75, 3.05) is 0 Å². The highest BCUT2D eigenvalue weighted by Gasteiger charge is 2.00. The zero-order chi connectivity index (χ0) is 23.9. The number of hydrogen-bond donors (Lipinski definition) is 0. The fraction of sp³-hybridized carbons (Fsp3) is 0. The van der Waals surface area contributed by atoms with Gasteiger partial charge in [0.05, 0.1) is 0 Å². The highest BCUT2D eigenvalue weighted by atomic mass is 35.5. The lowest BCUT2D eigenvalue weighted by atomic mass is 10.2. The van der Waals surface area contributed by atoms with E-state index in [-0.39, 0.29) is 58.7 Å². The second-order valence-corrected chi connectivity index (χ2v) is 5.89. The molecule has 0 N–H and O–H groups in total. The van der Waals surface area contributed by atoms with Gasteiger partial charge in [0.1, 0.15) is 0 Å². The third-order valence-corrected chi connectivity index (χ3v) is 3.29. The lowest BCUT2D eigenvalue weighted by molar-refractivity contribution is -0.113. The van der Waals surface area contributed by atoms with Gasteiger partial charge in [-0.25, -0.2) is 0 Å². The van der Waals surface area contributed by atoms with E-state index in [1.165, 1.54) is 97.2 Å². The monoisotopic (exact) mass is 468 g/mol. The second kappa shape index (κ2) is 15.4. The van der Waals surface area contributed by atoms with Gasteiger partial charge in [-0.1, -0.05) is 0 Å². The van der Waals surface area contributed by atoms with E-state index in [1.54, 1.807) is 0 Å². The Hall–Kier alpha value is -4.43. The van der Waals surface area contributed by atoms with Crippen LogP contribution in [0.4, 0.5) is 0 Å². The summed E-state index contributed by atoms with van der Waals surface area (Å²) in [6, 6.07) is 0. The van der Waals surface area contributed by atoms with Crippen molar-refractivity contribution in [1.29, 1.82) is 0 Å². The van der Waals surface area contributed by atoms with Crippen molar-refractivity contribution in [2.24, 2.45) is 0 Å². The first-order valence-electron chi connectivity index (χ1n) is 8.92. The van der Waals surface area contributed by atoms with Crippen LogP contribution in [0.1, 0.15) is 0 Å². The summed E-state index contributed by atoms with van der Waals surface area (Å²) in [5.74, 6) is -0.966. The van der Waals surface area contributed by atoms with Crippen molar-refractivity contribution in [3.8, 4) is 0 Å². The molecular formula is C24H17ClO8. The molecule has 33 heavy (non-hydrogen) atoms. The Morgan fingerprint density at radius 2 is 0.273 bits per heavy atom. The minimum Gasteiger partial charge on any atom is -0.290 e. The lowest BCUT2D eigenvalue weighted by Gasteiger charge is -1.87. The minimum absolute atomic E-state index is 0. The second-order valence-electron chi connectivity index (χ2n) is 5.89. The molecule has 0 amide bonds. The summed E-state index contributed by atoms with van der Waals surface area (Å²) in [5.41, 5.74) is 0. The minimum atomic E-state index is -0.121. The maximum Gasteiger partial charge on any atom is 0.178 e. The van der Waals surface area contributed by atoms with Crippen molar-refractivity contribution in [1.82, 2.24) is 0 Å². The molecule has 4 aliphatic carbocycles. The molecule has 9 heteroatoms. The van der Waals surface area contributed by atoms with Gasteiger partial charge in [-0.3, -0.25) is 38.4 Å². The molecule has 0 fully saturated rings.